The van der Waals surface area contributed by atoms with Crippen molar-refractivity contribution in [3.8, 4) is 12.1 Å². The molecule has 2 heteroatoms. The van der Waals surface area contributed by atoms with Crippen molar-refractivity contribution in [1.82, 2.24) is 0 Å². The zero-order valence-electron chi connectivity index (χ0n) is 8.01. The molecule has 0 amide bonds. The summed E-state index contributed by atoms with van der Waals surface area (Å²) >= 11 is 0. The van der Waals surface area contributed by atoms with Crippen LogP contribution in [-0.2, 0) is 0 Å². The van der Waals surface area contributed by atoms with Crippen molar-refractivity contribution in [2.75, 3.05) is 0 Å². The monoisotopic (exact) mass is 192 g/mol. The third kappa shape index (κ3) is 1.24. The summed E-state index contributed by atoms with van der Waals surface area (Å²) in [6.45, 7) is 0. The van der Waals surface area contributed by atoms with Crippen LogP contribution >= 0.6 is 0 Å². The third-order valence-electron chi connectivity index (χ3n) is 2.53. The molecule has 0 atom stereocenters. The Morgan fingerprint density at radius 2 is 1.27 bits per heavy atom. The lowest BCUT2D eigenvalue weighted by Gasteiger charge is -2.19. The normalized spacial score (nSPS) is 20.4. The van der Waals surface area contributed by atoms with Gasteiger partial charge < -0.3 is 0 Å². The Labute approximate surface area is 88.4 Å². The molecule has 2 nitrogen and oxygen atoms in total. The Hall–Kier alpha value is -2.32. The molecular formula is C13H8N2. The molecule has 0 saturated carbocycles. The van der Waals surface area contributed by atoms with Gasteiger partial charge in [-0.1, -0.05) is 48.6 Å². The van der Waals surface area contributed by atoms with Crippen molar-refractivity contribution in [3.63, 3.8) is 0 Å². The minimum atomic E-state index is -1.16. The maximum absolute atomic E-state index is 9.25. The first-order chi connectivity index (χ1) is 7.33. The summed E-state index contributed by atoms with van der Waals surface area (Å²) < 4.78 is 0. The zero-order chi connectivity index (χ0) is 10.7. The Bertz CT molecular complexity index is 466. The fourth-order valence-electron chi connectivity index (χ4n) is 1.70. The van der Waals surface area contributed by atoms with Crippen molar-refractivity contribution in [3.05, 3.63) is 59.8 Å². The Morgan fingerprint density at radius 3 is 1.67 bits per heavy atom. The zero-order valence-corrected chi connectivity index (χ0v) is 8.01. The Morgan fingerprint density at radius 1 is 0.800 bits per heavy atom. The van der Waals surface area contributed by atoms with Gasteiger partial charge in [0.25, 0.3) is 0 Å². The van der Waals surface area contributed by atoms with Gasteiger partial charge in [0.05, 0.1) is 12.1 Å². The Kier molecular flexibility index (Phi) is 2.12. The molecule has 0 spiro atoms. The van der Waals surface area contributed by atoms with Crippen LogP contribution in [0.1, 0.15) is 0 Å². The van der Waals surface area contributed by atoms with E-state index in [1.807, 2.05) is 24.3 Å². The average molecular weight is 192 g/mol. The smallest absolute Gasteiger partial charge is 0.193 e. The van der Waals surface area contributed by atoms with Crippen molar-refractivity contribution < 1.29 is 0 Å². The lowest BCUT2D eigenvalue weighted by Crippen LogP contribution is -2.19. The van der Waals surface area contributed by atoms with Gasteiger partial charge in [-0.15, -0.1) is 0 Å². The largest absolute Gasteiger partial charge is 0.196 e. The van der Waals surface area contributed by atoms with E-state index in [1.165, 1.54) is 0 Å². The van der Waals surface area contributed by atoms with Gasteiger partial charge in [0.2, 0.25) is 0 Å². The van der Waals surface area contributed by atoms with E-state index in [-0.39, 0.29) is 0 Å². The first-order valence-electron chi connectivity index (χ1n) is 4.60. The maximum atomic E-state index is 9.25. The molecule has 15 heavy (non-hydrogen) atoms. The van der Waals surface area contributed by atoms with Gasteiger partial charge in [-0.2, -0.15) is 10.5 Å². The summed E-state index contributed by atoms with van der Waals surface area (Å²) in [5.74, 6) is 0. The molecule has 0 aromatic rings. The highest BCUT2D eigenvalue weighted by molar-refractivity contribution is 5.58. The van der Waals surface area contributed by atoms with Gasteiger partial charge in [0.15, 0.2) is 5.41 Å². The summed E-state index contributed by atoms with van der Waals surface area (Å²) in [4.78, 5) is 0. The molecule has 2 rings (SSSR count). The quantitative estimate of drug-likeness (QED) is 0.592. The van der Waals surface area contributed by atoms with E-state index < -0.39 is 5.41 Å². The van der Waals surface area contributed by atoms with Crippen molar-refractivity contribution in [2.45, 2.75) is 0 Å². The lowest BCUT2D eigenvalue weighted by atomic mass is 9.76. The third-order valence-corrected chi connectivity index (χ3v) is 2.53. The molecule has 0 aromatic heterocycles. The molecule has 0 N–H and O–H groups in total. The minimum absolute atomic E-state index is 0.720. The van der Waals surface area contributed by atoms with Gasteiger partial charge >= 0.3 is 0 Å². The molecule has 0 aromatic carbocycles. The number of rotatable bonds is 0. The standard InChI is InChI=1S/C13H8N2/c14-9-13(10-15)11-5-1-2-6-12(13)8-4-3-7-11/h1-8H. The first-order valence-corrected chi connectivity index (χ1v) is 4.60. The van der Waals surface area contributed by atoms with Gasteiger partial charge in [-0.25, -0.2) is 0 Å². The summed E-state index contributed by atoms with van der Waals surface area (Å²) in [6.07, 6.45) is 14.6. The van der Waals surface area contributed by atoms with Crippen molar-refractivity contribution in [2.24, 2.45) is 5.41 Å². The van der Waals surface area contributed by atoms with E-state index in [0.717, 1.165) is 11.1 Å². The Balaban J connectivity index is 2.77. The molecule has 0 saturated heterocycles. The molecule has 2 bridgehead atoms. The predicted molar refractivity (Wildman–Crippen MR) is 57.2 cm³/mol. The number of allylic oxidation sites excluding steroid dienone is 10. The number of fused-ring (bicyclic) bond motifs is 2. The van der Waals surface area contributed by atoms with Crippen LogP contribution in [-0.4, -0.2) is 0 Å². The van der Waals surface area contributed by atoms with E-state index >= 15 is 0 Å². The van der Waals surface area contributed by atoms with Crippen LogP contribution in [0.15, 0.2) is 59.8 Å². The van der Waals surface area contributed by atoms with Crippen LogP contribution in [0.3, 0.4) is 0 Å². The van der Waals surface area contributed by atoms with Crippen LogP contribution in [0.25, 0.3) is 0 Å². The van der Waals surface area contributed by atoms with Gasteiger partial charge in [0, 0.05) is 0 Å². The average Bonchev–Trinajstić information content (AvgIpc) is 2.56. The molecular weight excluding hydrogens is 184 g/mol. The number of nitrogens with zero attached hydrogens (tertiary/aromatic N) is 2. The molecule has 0 aliphatic heterocycles. The minimum Gasteiger partial charge on any atom is -0.196 e. The van der Waals surface area contributed by atoms with Crippen LogP contribution < -0.4 is 0 Å². The van der Waals surface area contributed by atoms with Gasteiger partial charge in [-0.3, -0.25) is 0 Å². The summed E-state index contributed by atoms with van der Waals surface area (Å²) in [6, 6.07) is 4.22. The lowest BCUT2D eigenvalue weighted by molar-refractivity contribution is 0.778. The topological polar surface area (TPSA) is 47.6 Å². The van der Waals surface area contributed by atoms with E-state index in [9.17, 15) is 10.5 Å². The maximum Gasteiger partial charge on any atom is 0.193 e. The number of hydrogen-bond donors (Lipinski definition) is 0. The number of nitriles is 2. The fraction of sp³-hybridized carbons (Fsp3) is 0.0769. The fourth-order valence-corrected chi connectivity index (χ4v) is 1.70. The summed E-state index contributed by atoms with van der Waals surface area (Å²) in [5, 5.41) is 18.5. The van der Waals surface area contributed by atoms with E-state index in [4.69, 9.17) is 0 Å². The first kappa shape index (κ1) is 9.24. The summed E-state index contributed by atoms with van der Waals surface area (Å²) in [7, 11) is 0. The van der Waals surface area contributed by atoms with Crippen LogP contribution in [0.4, 0.5) is 0 Å². The molecule has 2 aliphatic carbocycles. The van der Waals surface area contributed by atoms with Crippen LogP contribution in [0.5, 0.6) is 0 Å². The van der Waals surface area contributed by atoms with Gasteiger partial charge in [-0.05, 0) is 11.1 Å². The molecule has 70 valence electrons. The highest BCUT2D eigenvalue weighted by atomic mass is 14.4. The van der Waals surface area contributed by atoms with Crippen molar-refractivity contribution >= 4 is 0 Å². The van der Waals surface area contributed by atoms with E-state index in [0.29, 0.717) is 0 Å². The van der Waals surface area contributed by atoms with Crippen LogP contribution in [0.2, 0.25) is 0 Å². The molecule has 0 fully saturated rings. The molecule has 0 heterocycles. The number of hydrogen-bond acceptors (Lipinski definition) is 2. The molecule has 2 aliphatic rings. The molecule has 0 unspecified atom stereocenters. The van der Waals surface area contributed by atoms with Crippen LogP contribution in [0, 0.1) is 28.1 Å². The second kappa shape index (κ2) is 3.44. The SMILES string of the molecule is N#CC1(C#N)C2=CC=CC=C1C=CC=C2. The van der Waals surface area contributed by atoms with E-state index in [2.05, 4.69) is 12.1 Å². The van der Waals surface area contributed by atoms with Gasteiger partial charge in [0.1, 0.15) is 0 Å². The predicted octanol–water partition coefficient (Wildman–Crippen LogP) is 2.57. The second-order valence-corrected chi connectivity index (χ2v) is 3.32. The second-order valence-electron chi connectivity index (χ2n) is 3.32. The highest BCUT2D eigenvalue weighted by Crippen LogP contribution is 2.38. The summed E-state index contributed by atoms with van der Waals surface area (Å²) in [5.41, 5.74) is 0.280. The van der Waals surface area contributed by atoms with Crippen molar-refractivity contribution in [1.29, 1.82) is 10.5 Å². The molecule has 0 radical (unpaired) electrons. The highest BCUT2D eigenvalue weighted by Gasteiger charge is 2.37. The van der Waals surface area contributed by atoms with E-state index in [1.54, 1.807) is 24.3 Å².